The molecule has 1 rings (SSSR count). The Morgan fingerprint density at radius 1 is 1.55 bits per heavy atom. The fourth-order valence-corrected chi connectivity index (χ4v) is 3.28. The molecule has 0 saturated heterocycles. The van der Waals surface area contributed by atoms with Gasteiger partial charge in [-0.05, 0) is 5.92 Å². The Hall–Kier alpha value is -1.61. The summed E-state index contributed by atoms with van der Waals surface area (Å²) in [6.07, 6.45) is 1.15. The van der Waals surface area contributed by atoms with Crippen LogP contribution in [0.25, 0.3) is 0 Å². The second-order valence-electron chi connectivity index (χ2n) is 4.73. The van der Waals surface area contributed by atoms with Crippen molar-refractivity contribution in [2.45, 2.75) is 25.2 Å². The number of aromatic nitrogens is 2. The van der Waals surface area contributed by atoms with Crippen molar-refractivity contribution >= 4 is 21.8 Å². The number of esters is 1. The zero-order valence-electron chi connectivity index (χ0n) is 11.8. The van der Waals surface area contributed by atoms with Crippen LogP contribution in [0.1, 0.15) is 20.3 Å². The van der Waals surface area contributed by atoms with Crippen LogP contribution in [0, 0.1) is 5.92 Å². The number of nitrogens with two attached hydrogens (primary N) is 1. The van der Waals surface area contributed by atoms with Gasteiger partial charge in [0.1, 0.15) is 10.7 Å². The largest absolute Gasteiger partial charge is 0.469 e. The maximum atomic E-state index is 12.5. The highest BCUT2D eigenvalue weighted by Crippen LogP contribution is 2.21. The molecule has 0 fully saturated rings. The number of nitrogens with zero attached hydrogens (tertiary/aromatic N) is 2. The van der Waals surface area contributed by atoms with Gasteiger partial charge in [-0.25, -0.2) is 8.42 Å². The van der Waals surface area contributed by atoms with Crippen LogP contribution in [0.3, 0.4) is 0 Å². The molecule has 0 bridgehead atoms. The van der Waals surface area contributed by atoms with Crippen molar-refractivity contribution in [3.8, 4) is 0 Å². The number of carbonyl (C=O) groups excluding carboxylic acids is 1. The first-order chi connectivity index (χ1) is 9.28. The van der Waals surface area contributed by atoms with E-state index in [-0.39, 0.29) is 36.1 Å². The van der Waals surface area contributed by atoms with Gasteiger partial charge in [0.2, 0.25) is 10.0 Å². The van der Waals surface area contributed by atoms with Crippen molar-refractivity contribution in [3.05, 3.63) is 6.20 Å². The first-order valence-corrected chi connectivity index (χ1v) is 7.58. The van der Waals surface area contributed by atoms with Crippen LogP contribution in [0.4, 0.5) is 5.82 Å². The number of hydrogen-bond acceptors (Lipinski definition) is 6. The molecule has 0 aliphatic rings. The van der Waals surface area contributed by atoms with Gasteiger partial charge in [-0.3, -0.25) is 9.89 Å². The van der Waals surface area contributed by atoms with E-state index in [2.05, 4.69) is 14.9 Å². The summed E-state index contributed by atoms with van der Waals surface area (Å²) in [6, 6.07) is 0. The van der Waals surface area contributed by atoms with Crippen LogP contribution in [0.2, 0.25) is 0 Å². The van der Waals surface area contributed by atoms with Gasteiger partial charge in [0.05, 0.1) is 19.7 Å². The number of aromatic amines is 1. The predicted octanol–water partition coefficient (Wildman–Crippen LogP) is 0.202. The lowest BCUT2D eigenvalue weighted by Gasteiger charge is -2.23. The van der Waals surface area contributed by atoms with Gasteiger partial charge in [0.25, 0.3) is 0 Å². The number of ether oxygens (including phenoxy) is 1. The normalized spacial score (nSPS) is 12.1. The third-order valence-electron chi connectivity index (χ3n) is 2.61. The summed E-state index contributed by atoms with van der Waals surface area (Å²) < 4.78 is 30.7. The highest BCUT2D eigenvalue weighted by Gasteiger charge is 2.28. The Kier molecular flexibility index (Phi) is 5.52. The molecule has 0 radical (unpaired) electrons. The molecule has 0 atom stereocenters. The first-order valence-electron chi connectivity index (χ1n) is 6.14. The minimum Gasteiger partial charge on any atom is -0.469 e. The molecule has 114 valence electrons. The molecule has 0 amide bonds. The summed E-state index contributed by atoms with van der Waals surface area (Å²) in [7, 11) is -2.52. The van der Waals surface area contributed by atoms with Crippen molar-refractivity contribution < 1.29 is 17.9 Å². The molecule has 0 aliphatic heterocycles. The van der Waals surface area contributed by atoms with Gasteiger partial charge in [0, 0.05) is 13.1 Å². The van der Waals surface area contributed by atoms with Crippen LogP contribution in [-0.4, -0.2) is 49.1 Å². The van der Waals surface area contributed by atoms with Crippen molar-refractivity contribution in [1.29, 1.82) is 0 Å². The average molecular weight is 304 g/mol. The second kappa shape index (κ2) is 6.71. The molecule has 0 unspecified atom stereocenters. The van der Waals surface area contributed by atoms with Crippen molar-refractivity contribution in [3.63, 3.8) is 0 Å². The number of sulfonamides is 1. The van der Waals surface area contributed by atoms with E-state index in [0.29, 0.717) is 0 Å². The molecular formula is C11H20N4O4S. The van der Waals surface area contributed by atoms with Gasteiger partial charge in [0.15, 0.2) is 0 Å². The maximum absolute atomic E-state index is 12.5. The molecular weight excluding hydrogens is 284 g/mol. The Labute approximate surface area is 118 Å². The number of carbonyl (C=O) groups is 1. The SMILES string of the molecule is COC(=O)CCN(CC(C)C)S(=O)(=O)c1cn[nH]c1N. The number of nitrogens with one attached hydrogen (secondary N) is 1. The lowest BCUT2D eigenvalue weighted by atomic mass is 10.2. The third kappa shape index (κ3) is 3.94. The fourth-order valence-electron chi connectivity index (χ4n) is 1.66. The van der Waals surface area contributed by atoms with Gasteiger partial charge in [-0.15, -0.1) is 0 Å². The highest BCUT2D eigenvalue weighted by molar-refractivity contribution is 7.89. The summed E-state index contributed by atoms with van der Waals surface area (Å²) in [6.45, 7) is 4.10. The topological polar surface area (TPSA) is 118 Å². The molecule has 8 nitrogen and oxygen atoms in total. The smallest absolute Gasteiger partial charge is 0.306 e. The molecule has 1 heterocycles. The van der Waals surface area contributed by atoms with Crippen molar-refractivity contribution in [1.82, 2.24) is 14.5 Å². The van der Waals surface area contributed by atoms with E-state index >= 15 is 0 Å². The van der Waals surface area contributed by atoms with Crippen LogP contribution in [-0.2, 0) is 19.6 Å². The van der Waals surface area contributed by atoms with Gasteiger partial charge in [-0.1, -0.05) is 13.8 Å². The van der Waals surface area contributed by atoms with Crippen LogP contribution in [0.5, 0.6) is 0 Å². The quantitative estimate of drug-likeness (QED) is 0.695. The fraction of sp³-hybridized carbons (Fsp3) is 0.636. The Balaban J connectivity index is 2.98. The van der Waals surface area contributed by atoms with Crippen LogP contribution in [0.15, 0.2) is 11.1 Å². The predicted molar refractivity (Wildman–Crippen MR) is 73.2 cm³/mol. The first kappa shape index (κ1) is 16.4. The van der Waals surface area contributed by atoms with Crippen LogP contribution < -0.4 is 5.73 Å². The van der Waals surface area contributed by atoms with E-state index in [1.165, 1.54) is 11.4 Å². The number of anilines is 1. The summed E-state index contributed by atoms with van der Waals surface area (Å²) in [5, 5.41) is 6.00. The van der Waals surface area contributed by atoms with Gasteiger partial charge >= 0.3 is 5.97 Å². The number of hydrogen-bond donors (Lipinski definition) is 2. The molecule has 20 heavy (non-hydrogen) atoms. The van der Waals surface area contributed by atoms with Crippen molar-refractivity contribution in [2.75, 3.05) is 25.9 Å². The summed E-state index contributed by atoms with van der Waals surface area (Å²) in [5.74, 6) is -0.374. The minimum absolute atomic E-state index is 0.0137. The molecule has 0 saturated carbocycles. The van der Waals surface area contributed by atoms with E-state index in [1.54, 1.807) is 0 Å². The lowest BCUT2D eigenvalue weighted by Crippen LogP contribution is -2.36. The molecule has 3 N–H and O–H groups in total. The van der Waals surface area contributed by atoms with E-state index < -0.39 is 16.0 Å². The lowest BCUT2D eigenvalue weighted by molar-refractivity contribution is -0.140. The molecule has 1 aromatic heterocycles. The number of rotatable bonds is 7. The zero-order valence-corrected chi connectivity index (χ0v) is 12.6. The van der Waals surface area contributed by atoms with E-state index in [0.717, 1.165) is 6.20 Å². The zero-order chi connectivity index (χ0) is 15.3. The molecule has 0 aliphatic carbocycles. The average Bonchev–Trinajstić information content (AvgIpc) is 2.80. The molecule has 0 spiro atoms. The Morgan fingerprint density at radius 2 is 2.20 bits per heavy atom. The number of nitrogen functional groups attached to an aromatic ring is 1. The van der Waals surface area contributed by atoms with Crippen molar-refractivity contribution in [2.24, 2.45) is 5.92 Å². The van der Waals surface area contributed by atoms with E-state index in [4.69, 9.17) is 5.73 Å². The van der Waals surface area contributed by atoms with E-state index in [1.807, 2.05) is 13.8 Å². The Morgan fingerprint density at radius 3 is 2.65 bits per heavy atom. The highest BCUT2D eigenvalue weighted by atomic mass is 32.2. The summed E-state index contributed by atoms with van der Waals surface area (Å²) in [4.78, 5) is 11.1. The third-order valence-corrected chi connectivity index (χ3v) is 4.50. The minimum atomic E-state index is -3.78. The molecule has 9 heteroatoms. The maximum Gasteiger partial charge on any atom is 0.306 e. The van der Waals surface area contributed by atoms with Crippen LogP contribution >= 0.6 is 0 Å². The number of methoxy groups -OCH3 is 1. The molecule has 1 aromatic rings. The summed E-state index contributed by atoms with van der Waals surface area (Å²) in [5.41, 5.74) is 5.56. The molecule has 0 aromatic carbocycles. The van der Waals surface area contributed by atoms with Gasteiger partial charge < -0.3 is 10.5 Å². The van der Waals surface area contributed by atoms with E-state index in [9.17, 15) is 13.2 Å². The summed E-state index contributed by atoms with van der Waals surface area (Å²) >= 11 is 0. The van der Waals surface area contributed by atoms with Gasteiger partial charge in [-0.2, -0.15) is 9.40 Å². The monoisotopic (exact) mass is 304 g/mol. The number of H-pyrrole nitrogens is 1. The Bertz CT molecular complexity index is 553. The second-order valence-corrected chi connectivity index (χ2v) is 6.64. The standard InChI is InChI=1S/C11H20N4O4S/c1-8(2)7-15(5-4-10(16)19-3)20(17,18)9-6-13-14-11(9)12/h6,8H,4-5,7H2,1-3H3,(H3,12,13,14).